The highest BCUT2D eigenvalue weighted by atomic mass is 19.1. The van der Waals surface area contributed by atoms with Gasteiger partial charge in [0.2, 0.25) is 0 Å². The van der Waals surface area contributed by atoms with Crippen molar-refractivity contribution < 1.29 is 13.5 Å². The quantitative estimate of drug-likeness (QED) is 0.621. The molecule has 4 nitrogen and oxygen atoms in total. The third kappa shape index (κ3) is 5.45. The van der Waals surface area contributed by atoms with Crippen LogP contribution in [0, 0.1) is 18.6 Å². The molecule has 0 bridgehead atoms. The predicted octanol–water partition coefficient (Wildman–Crippen LogP) is 3.54. The number of aliphatic imine (C=N–C) groups is 1. The van der Waals surface area contributed by atoms with Crippen LogP contribution in [0.1, 0.15) is 23.6 Å². The van der Waals surface area contributed by atoms with Crippen molar-refractivity contribution in [2.75, 3.05) is 13.7 Å². The number of nitrogens with zero attached hydrogens (tertiary/aromatic N) is 1. The Hall–Kier alpha value is -2.63. The van der Waals surface area contributed by atoms with E-state index in [9.17, 15) is 8.78 Å². The summed E-state index contributed by atoms with van der Waals surface area (Å²) in [6.45, 7) is 5.20. The summed E-state index contributed by atoms with van der Waals surface area (Å²) in [6.07, 6.45) is 0. The lowest BCUT2D eigenvalue weighted by molar-refractivity contribution is 0.411. The smallest absolute Gasteiger partial charge is 0.191 e. The van der Waals surface area contributed by atoms with Gasteiger partial charge in [-0.1, -0.05) is 12.1 Å². The highest BCUT2D eigenvalue weighted by molar-refractivity contribution is 5.79. The van der Waals surface area contributed by atoms with Crippen molar-refractivity contribution >= 4 is 5.96 Å². The van der Waals surface area contributed by atoms with Crippen LogP contribution in [0.2, 0.25) is 0 Å². The maximum atomic E-state index is 13.7. The molecule has 0 fully saturated rings. The number of benzene rings is 2. The molecule has 0 spiro atoms. The standard InChI is InChI=1S/C19H23F2N3O/c1-4-22-19(24-12-15-10-16(20)6-7-17(15)21)23-11-14-5-8-18(25-3)13(2)9-14/h5-10H,4,11-12H2,1-3H3,(H2,22,23,24). The summed E-state index contributed by atoms with van der Waals surface area (Å²) >= 11 is 0. The third-order valence-electron chi connectivity index (χ3n) is 3.68. The Morgan fingerprint density at radius 1 is 1.12 bits per heavy atom. The van der Waals surface area contributed by atoms with E-state index in [0.717, 1.165) is 29.0 Å². The van der Waals surface area contributed by atoms with Crippen molar-refractivity contribution in [2.24, 2.45) is 4.99 Å². The monoisotopic (exact) mass is 347 g/mol. The maximum Gasteiger partial charge on any atom is 0.191 e. The molecule has 134 valence electrons. The van der Waals surface area contributed by atoms with Crippen molar-refractivity contribution in [3.63, 3.8) is 0 Å². The molecule has 6 heteroatoms. The van der Waals surface area contributed by atoms with E-state index < -0.39 is 11.6 Å². The second-order valence-corrected chi connectivity index (χ2v) is 5.59. The molecule has 2 rings (SSSR count). The molecule has 25 heavy (non-hydrogen) atoms. The maximum absolute atomic E-state index is 13.7. The summed E-state index contributed by atoms with van der Waals surface area (Å²) in [7, 11) is 1.64. The van der Waals surface area contributed by atoms with Gasteiger partial charge in [0.15, 0.2) is 5.96 Å². The van der Waals surface area contributed by atoms with Gasteiger partial charge >= 0.3 is 0 Å². The summed E-state index contributed by atoms with van der Waals surface area (Å²) in [5, 5.41) is 6.11. The van der Waals surface area contributed by atoms with E-state index in [2.05, 4.69) is 15.6 Å². The lowest BCUT2D eigenvalue weighted by Gasteiger charge is -2.12. The first-order chi connectivity index (χ1) is 12.0. The van der Waals surface area contributed by atoms with Crippen molar-refractivity contribution in [3.8, 4) is 5.75 Å². The molecule has 0 saturated heterocycles. The average Bonchev–Trinajstić information content (AvgIpc) is 2.60. The summed E-state index contributed by atoms with van der Waals surface area (Å²) in [5.41, 5.74) is 2.33. The first kappa shape index (κ1) is 18.7. The van der Waals surface area contributed by atoms with Crippen LogP contribution in [0.25, 0.3) is 0 Å². The molecule has 2 aromatic carbocycles. The van der Waals surface area contributed by atoms with Crippen LogP contribution >= 0.6 is 0 Å². The van der Waals surface area contributed by atoms with Crippen LogP contribution < -0.4 is 15.4 Å². The number of hydrogen-bond donors (Lipinski definition) is 2. The van der Waals surface area contributed by atoms with Crippen molar-refractivity contribution in [1.82, 2.24) is 10.6 Å². The topological polar surface area (TPSA) is 45.7 Å². The fraction of sp³-hybridized carbons (Fsp3) is 0.316. The molecule has 0 aromatic heterocycles. The summed E-state index contributed by atoms with van der Waals surface area (Å²) in [6, 6.07) is 9.27. The van der Waals surface area contributed by atoms with E-state index in [1.807, 2.05) is 32.0 Å². The Bertz CT molecular complexity index is 747. The number of aryl methyl sites for hydroxylation is 1. The summed E-state index contributed by atoms with van der Waals surface area (Å²) in [5.74, 6) is 0.461. The zero-order valence-electron chi connectivity index (χ0n) is 14.7. The van der Waals surface area contributed by atoms with E-state index in [1.54, 1.807) is 7.11 Å². The molecule has 2 N–H and O–H groups in total. The Morgan fingerprint density at radius 3 is 2.60 bits per heavy atom. The van der Waals surface area contributed by atoms with Gasteiger partial charge in [0.05, 0.1) is 13.7 Å². The van der Waals surface area contributed by atoms with Gasteiger partial charge in [0.1, 0.15) is 17.4 Å². The molecule has 0 saturated carbocycles. The van der Waals surface area contributed by atoms with Gasteiger partial charge < -0.3 is 15.4 Å². The SMILES string of the molecule is CCNC(=NCc1ccc(OC)c(C)c1)NCc1cc(F)ccc1F. The normalized spacial score (nSPS) is 11.3. The van der Waals surface area contributed by atoms with Crippen LogP contribution in [0.15, 0.2) is 41.4 Å². The summed E-state index contributed by atoms with van der Waals surface area (Å²) < 4.78 is 32.2. The van der Waals surface area contributed by atoms with Gasteiger partial charge in [0.25, 0.3) is 0 Å². The minimum Gasteiger partial charge on any atom is -0.496 e. The zero-order valence-corrected chi connectivity index (χ0v) is 14.7. The number of hydrogen-bond acceptors (Lipinski definition) is 2. The van der Waals surface area contributed by atoms with Crippen molar-refractivity contribution in [2.45, 2.75) is 26.9 Å². The number of methoxy groups -OCH3 is 1. The van der Waals surface area contributed by atoms with Gasteiger partial charge in [-0.05, 0) is 49.2 Å². The minimum absolute atomic E-state index is 0.150. The Labute approximate surface area is 146 Å². The molecule has 0 aliphatic carbocycles. The molecule has 2 aromatic rings. The van der Waals surface area contributed by atoms with Gasteiger partial charge in [-0.25, -0.2) is 13.8 Å². The largest absolute Gasteiger partial charge is 0.496 e. The lowest BCUT2D eigenvalue weighted by Crippen LogP contribution is -2.37. The Morgan fingerprint density at radius 2 is 1.92 bits per heavy atom. The van der Waals surface area contributed by atoms with Crippen LogP contribution in [-0.2, 0) is 13.1 Å². The highest BCUT2D eigenvalue weighted by Crippen LogP contribution is 2.18. The van der Waals surface area contributed by atoms with Gasteiger partial charge in [-0.15, -0.1) is 0 Å². The molecule has 0 aliphatic rings. The van der Waals surface area contributed by atoms with Crippen LogP contribution in [0.4, 0.5) is 8.78 Å². The molecule has 0 radical (unpaired) electrons. The molecule has 0 heterocycles. The second-order valence-electron chi connectivity index (χ2n) is 5.59. The second kappa shape index (κ2) is 9.01. The first-order valence-corrected chi connectivity index (χ1v) is 8.13. The fourth-order valence-electron chi connectivity index (χ4n) is 2.41. The van der Waals surface area contributed by atoms with E-state index in [4.69, 9.17) is 4.74 Å². The minimum atomic E-state index is -0.464. The van der Waals surface area contributed by atoms with Crippen LogP contribution in [0.3, 0.4) is 0 Å². The number of rotatable bonds is 6. The molecule has 0 atom stereocenters. The highest BCUT2D eigenvalue weighted by Gasteiger charge is 2.06. The summed E-state index contributed by atoms with van der Waals surface area (Å²) in [4.78, 5) is 4.48. The van der Waals surface area contributed by atoms with Gasteiger partial charge in [-0.2, -0.15) is 0 Å². The van der Waals surface area contributed by atoms with E-state index >= 15 is 0 Å². The third-order valence-corrected chi connectivity index (χ3v) is 3.68. The lowest BCUT2D eigenvalue weighted by atomic mass is 10.1. The molecule has 0 unspecified atom stereocenters. The molecular weight excluding hydrogens is 324 g/mol. The van der Waals surface area contributed by atoms with Crippen molar-refractivity contribution in [3.05, 3.63) is 64.7 Å². The van der Waals surface area contributed by atoms with Crippen molar-refractivity contribution in [1.29, 1.82) is 0 Å². The van der Waals surface area contributed by atoms with Gasteiger partial charge in [0, 0.05) is 18.7 Å². The fourth-order valence-corrected chi connectivity index (χ4v) is 2.41. The first-order valence-electron chi connectivity index (χ1n) is 8.13. The van der Waals surface area contributed by atoms with E-state index in [1.165, 1.54) is 6.07 Å². The number of halogens is 2. The van der Waals surface area contributed by atoms with E-state index in [0.29, 0.717) is 19.0 Å². The number of guanidine groups is 1. The number of nitrogens with one attached hydrogen (secondary N) is 2. The molecule has 0 amide bonds. The van der Waals surface area contributed by atoms with Crippen LogP contribution in [0.5, 0.6) is 5.75 Å². The molecule has 0 aliphatic heterocycles. The average molecular weight is 347 g/mol. The Kier molecular flexibility index (Phi) is 6.74. The number of ether oxygens (including phenoxy) is 1. The zero-order chi connectivity index (χ0) is 18.2. The van der Waals surface area contributed by atoms with Crippen LogP contribution in [-0.4, -0.2) is 19.6 Å². The molecular formula is C19H23F2N3O. The van der Waals surface area contributed by atoms with Gasteiger partial charge in [-0.3, -0.25) is 0 Å². The Balaban J connectivity index is 2.05. The van der Waals surface area contributed by atoms with E-state index in [-0.39, 0.29) is 12.1 Å². The predicted molar refractivity (Wildman–Crippen MR) is 95.7 cm³/mol.